The van der Waals surface area contributed by atoms with Gasteiger partial charge in [0.1, 0.15) is 0 Å². The number of carbonyl (C=O) groups is 1. The van der Waals surface area contributed by atoms with Crippen LogP contribution >= 0.6 is 0 Å². The summed E-state index contributed by atoms with van der Waals surface area (Å²) >= 11 is 0. The number of halogens is 2. The molecule has 2 unspecified atom stereocenters. The lowest BCUT2D eigenvalue weighted by Gasteiger charge is -2.20. The Bertz CT molecular complexity index is 455. The third-order valence-electron chi connectivity index (χ3n) is 2.95. The minimum Gasteiger partial charge on any atom is -0.383 e. The summed E-state index contributed by atoms with van der Waals surface area (Å²) in [6.07, 6.45) is 0. The highest BCUT2D eigenvalue weighted by Gasteiger charge is 2.19. The molecule has 0 bridgehead atoms. The monoisotopic (exact) mass is 286 g/mol. The predicted molar refractivity (Wildman–Crippen MR) is 72.3 cm³/mol. The lowest BCUT2D eigenvalue weighted by atomic mass is 10.1. The van der Waals surface area contributed by atoms with Crippen LogP contribution in [0.2, 0.25) is 0 Å². The fourth-order valence-electron chi connectivity index (χ4n) is 1.82. The van der Waals surface area contributed by atoms with Gasteiger partial charge in [-0.3, -0.25) is 10.1 Å². The van der Waals surface area contributed by atoms with Gasteiger partial charge in [0.15, 0.2) is 11.6 Å². The first kappa shape index (κ1) is 16.5. The standard InChI is InChI=1S/C14H20F2N2O2/c1-9(11-5-4-6-12(15)13(11)16)18-10(2)14(19)17-7-8-20-3/h4-6,9-10,18H,7-8H2,1-3H3,(H,17,19). The molecule has 2 atom stereocenters. The Morgan fingerprint density at radius 2 is 2.05 bits per heavy atom. The molecular weight excluding hydrogens is 266 g/mol. The molecule has 2 N–H and O–H groups in total. The summed E-state index contributed by atoms with van der Waals surface area (Å²) in [5.74, 6) is -2.00. The Labute approximate surface area is 117 Å². The van der Waals surface area contributed by atoms with E-state index in [1.807, 2.05) is 0 Å². The average Bonchev–Trinajstić information content (AvgIpc) is 2.41. The van der Waals surface area contributed by atoms with Gasteiger partial charge in [-0.2, -0.15) is 0 Å². The quantitative estimate of drug-likeness (QED) is 0.751. The molecule has 0 fully saturated rings. The summed E-state index contributed by atoms with van der Waals surface area (Å²) in [5, 5.41) is 5.60. The van der Waals surface area contributed by atoms with Crippen molar-refractivity contribution in [3.8, 4) is 0 Å². The maximum absolute atomic E-state index is 13.6. The molecule has 0 aliphatic rings. The molecule has 0 spiro atoms. The van der Waals surface area contributed by atoms with Crippen molar-refractivity contribution >= 4 is 5.91 Å². The number of hydrogen-bond acceptors (Lipinski definition) is 3. The second-order valence-corrected chi connectivity index (χ2v) is 4.54. The first-order valence-electron chi connectivity index (χ1n) is 6.44. The van der Waals surface area contributed by atoms with E-state index in [9.17, 15) is 13.6 Å². The summed E-state index contributed by atoms with van der Waals surface area (Å²) in [7, 11) is 1.54. The molecule has 6 heteroatoms. The Morgan fingerprint density at radius 1 is 1.35 bits per heavy atom. The molecule has 1 aromatic carbocycles. The van der Waals surface area contributed by atoms with Crippen LogP contribution in [0.1, 0.15) is 25.5 Å². The van der Waals surface area contributed by atoms with Crippen molar-refractivity contribution in [3.05, 3.63) is 35.4 Å². The van der Waals surface area contributed by atoms with Crippen LogP contribution in [0.4, 0.5) is 8.78 Å². The number of amides is 1. The van der Waals surface area contributed by atoms with Crippen LogP contribution in [0.15, 0.2) is 18.2 Å². The van der Waals surface area contributed by atoms with Crippen LogP contribution in [0, 0.1) is 11.6 Å². The molecule has 0 aliphatic carbocycles. The Kier molecular flexibility index (Phi) is 6.54. The molecule has 4 nitrogen and oxygen atoms in total. The second-order valence-electron chi connectivity index (χ2n) is 4.54. The number of benzene rings is 1. The van der Waals surface area contributed by atoms with Gasteiger partial charge in [-0.1, -0.05) is 12.1 Å². The van der Waals surface area contributed by atoms with Gasteiger partial charge in [-0.05, 0) is 19.9 Å². The smallest absolute Gasteiger partial charge is 0.236 e. The van der Waals surface area contributed by atoms with E-state index in [1.54, 1.807) is 21.0 Å². The lowest BCUT2D eigenvalue weighted by molar-refractivity contribution is -0.123. The van der Waals surface area contributed by atoms with E-state index in [4.69, 9.17) is 4.74 Å². The molecule has 20 heavy (non-hydrogen) atoms. The minimum absolute atomic E-state index is 0.196. The highest BCUT2D eigenvalue weighted by atomic mass is 19.2. The predicted octanol–water partition coefficient (Wildman–Crippen LogP) is 1.77. The lowest BCUT2D eigenvalue weighted by Crippen LogP contribution is -2.44. The van der Waals surface area contributed by atoms with E-state index < -0.39 is 23.7 Å². The number of methoxy groups -OCH3 is 1. The molecule has 0 aromatic heterocycles. The van der Waals surface area contributed by atoms with Crippen LogP contribution in [-0.2, 0) is 9.53 Å². The van der Waals surface area contributed by atoms with Gasteiger partial charge in [0.2, 0.25) is 5.91 Å². The molecule has 0 saturated carbocycles. The number of ether oxygens (including phenoxy) is 1. The Balaban J connectivity index is 2.58. The van der Waals surface area contributed by atoms with Gasteiger partial charge in [0.25, 0.3) is 0 Å². The van der Waals surface area contributed by atoms with Gasteiger partial charge >= 0.3 is 0 Å². The number of hydrogen-bond donors (Lipinski definition) is 2. The molecule has 0 heterocycles. The van der Waals surface area contributed by atoms with E-state index in [2.05, 4.69) is 10.6 Å². The molecule has 0 radical (unpaired) electrons. The molecule has 0 saturated heterocycles. The van der Waals surface area contributed by atoms with Crippen molar-refractivity contribution in [3.63, 3.8) is 0 Å². The highest BCUT2D eigenvalue weighted by molar-refractivity contribution is 5.81. The van der Waals surface area contributed by atoms with E-state index in [0.717, 1.165) is 6.07 Å². The molecule has 0 aliphatic heterocycles. The van der Waals surface area contributed by atoms with Gasteiger partial charge < -0.3 is 10.1 Å². The van der Waals surface area contributed by atoms with E-state index in [-0.39, 0.29) is 11.5 Å². The fourth-order valence-corrected chi connectivity index (χ4v) is 1.82. The Hall–Kier alpha value is -1.53. The zero-order chi connectivity index (χ0) is 15.1. The third kappa shape index (κ3) is 4.54. The largest absolute Gasteiger partial charge is 0.383 e. The number of carbonyl (C=O) groups excluding carboxylic acids is 1. The van der Waals surface area contributed by atoms with Gasteiger partial charge in [0, 0.05) is 25.3 Å². The maximum Gasteiger partial charge on any atom is 0.236 e. The van der Waals surface area contributed by atoms with Gasteiger partial charge in [0.05, 0.1) is 12.6 Å². The van der Waals surface area contributed by atoms with Crippen LogP contribution in [-0.4, -0.2) is 32.2 Å². The van der Waals surface area contributed by atoms with Crippen molar-refractivity contribution in [1.82, 2.24) is 10.6 Å². The number of rotatable bonds is 7. The minimum atomic E-state index is -0.895. The van der Waals surface area contributed by atoms with E-state index >= 15 is 0 Å². The second kappa shape index (κ2) is 7.91. The van der Waals surface area contributed by atoms with Gasteiger partial charge in [-0.15, -0.1) is 0 Å². The van der Waals surface area contributed by atoms with Gasteiger partial charge in [-0.25, -0.2) is 8.78 Å². The summed E-state index contributed by atoms with van der Waals surface area (Å²) in [6, 6.07) is 2.99. The summed E-state index contributed by atoms with van der Waals surface area (Å²) in [6.45, 7) is 4.17. The zero-order valence-corrected chi connectivity index (χ0v) is 11.9. The third-order valence-corrected chi connectivity index (χ3v) is 2.95. The van der Waals surface area contributed by atoms with Crippen LogP contribution in [0.3, 0.4) is 0 Å². The van der Waals surface area contributed by atoms with E-state index in [1.165, 1.54) is 12.1 Å². The molecule has 1 aromatic rings. The zero-order valence-electron chi connectivity index (χ0n) is 11.9. The SMILES string of the molecule is COCCNC(=O)C(C)NC(C)c1cccc(F)c1F. The van der Waals surface area contributed by atoms with Crippen molar-refractivity contribution in [2.24, 2.45) is 0 Å². The van der Waals surface area contributed by atoms with Crippen molar-refractivity contribution in [2.45, 2.75) is 25.9 Å². The first-order valence-corrected chi connectivity index (χ1v) is 6.44. The molecule has 112 valence electrons. The van der Waals surface area contributed by atoms with Crippen LogP contribution < -0.4 is 10.6 Å². The summed E-state index contributed by atoms with van der Waals surface area (Å²) in [4.78, 5) is 11.7. The Morgan fingerprint density at radius 3 is 2.70 bits per heavy atom. The highest BCUT2D eigenvalue weighted by Crippen LogP contribution is 2.19. The fraction of sp³-hybridized carbons (Fsp3) is 0.500. The number of nitrogens with one attached hydrogen (secondary N) is 2. The maximum atomic E-state index is 13.6. The van der Waals surface area contributed by atoms with Crippen molar-refractivity contribution in [1.29, 1.82) is 0 Å². The first-order chi connectivity index (χ1) is 9.47. The topological polar surface area (TPSA) is 50.4 Å². The molecule has 1 rings (SSSR count). The van der Waals surface area contributed by atoms with Crippen LogP contribution in [0.25, 0.3) is 0 Å². The molecule has 1 amide bonds. The molecular formula is C14H20F2N2O2. The summed E-state index contributed by atoms with van der Waals surface area (Å²) < 4.78 is 31.6. The van der Waals surface area contributed by atoms with Crippen LogP contribution in [0.5, 0.6) is 0 Å². The van der Waals surface area contributed by atoms with Crippen molar-refractivity contribution < 1.29 is 18.3 Å². The van der Waals surface area contributed by atoms with Crippen molar-refractivity contribution in [2.75, 3.05) is 20.3 Å². The average molecular weight is 286 g/mol. The summed E-state index contributed by atoms with van der Waals surface area (Å²) in [5.41, 5.74) is 0.196. The normalized spacial score (nSPS) is 13.8. The van der Waals surface area contributed by atoms with E-state index in [0.29, 0.717) is 13.2 Å².